The van der Waals surface area contributed by atoms with Crippen molar-refractivity contribution in [3.05, 3.63) is 34.2 Å². The Bertz CT molecular complexity index is 404. The minimum Gasteiger partial charge on any atom is -0.330 e. The van der Waals surface area contributed by atoms with Gasteiger partial charge in [-0.25, -0.2) is 0 Å². The molecule has 0 bridgehead atoms. The van der Waals surface area contributed by atoms with Crippen LogP contribution in [0.25, 0.3) is 0 Å². The summed E-state index contributed by atoms with van der Waals surface area (Å²) in [6, 6.07) is 3.68. The summed E-state index contributed by atoms with van der Waals surface area (Å²) in [5, 5.41) is 0. The zero-order valence-electron chi connectivity index (χ0n) is 9.20. The van der Waals surface area contributed by atoms with Crippen LogP contribution in [-0.2, 0) is 6.54 Å². The zero-order chi connectivity index (χ0) is 10.9. The van der Waals surface area contributed by atoms with Crippen molar-refractivity contribution in [2.75, 3.05) is 6.54 Å². The van der Waals surface area contributed by atoms with Crippen LogP contribution in [0.15, 0.2) is 23.1 Å². The van der Waals surface area contributed by atoms with Crippen LogP contribution in [-0.4, -0.2) is 11.1 Å². The molecule has 2 rings (SSSR count). The molecular formula is C12H18N2O. The quantitative estimate of drug-likeness (QED) is 0.807. The van der Waals surface area contributed by atoms with Crippen molar-refractivity contribution in [1.29, 1.82) is 0 Å². The highest BCUT2D eigenvalue weighted by atomic mass is 16.1. The lowest BCUT2D eigenvalue weighted by molar-refractivity contribution is 0.391. The summed E-state index contributed by atoms with van der Waals surface area (Å²) in [5.74, 6) is 0. The lowest BCUT2D eigenvalue weighted by Crippen LogP contribution is -2.25. The summed E-state index contributed by atoms with van der Waals surface area (Å²) < 4.78 is 1.82. The number of aromatic nitrogens is 1. The first-order valence-electron chi connectivity index (χ1n) is 5.52. The standard InChI is InChI=1S/C12H18N2O/c1-10-2-7-14(11(15)8-10)9-12(3-4-12)5-6-13/h2,7-8H,3-6,9,13H2,1H3. The first kappa shape index (κ1) is 10.4. The number of nitrogens with zero attached hydrogens (tertiary/aromatic N) is 1. The highest BCUT2D eigenvalue weighted by Crippen LogP contribution is 2.49. The van der Waals surface area contributed by atoms with E-state index in [9.17, 15) is 4.79 Å². The van der Waals surface area contributed by atoms with E-state index >= 15 is 0 Å². The third kappa shape index (κ3) is 2.29. The Balaban J connectivity index is 2.14. The molecule has 15 heavy (non-hydrogen) atoms. The van der Waals surface area contributed by atoms with E-state index in [0.717, 1.165) is 25.1 Å². The Morgan fingerprint density at radius 2 is 2.27 bits per heavy atom. The van der Waals surface area contributed by atoms with Crippen molar-refractivity contribution < 1.29 is 0 Å². The lowest BCUT2D eigenvalue weighted by atomic mass is 10.0. The molecule has 0 radical (unpaired) electrons. The second-order valence-corrected chi connectivity index (χ2v) is 4.71. The second kappa shape index (κ2) is 3.81. The van der Waals surface area contributed by atoms with Gasteiger partial charge in [-0.05, 0) is 49.8 Å². The van der Waals surface area contributed by atoms with Crippen LogP contribution >= 0.6 is 0 Å². The largest absolute Gasteiger partial charge is 0.330 e. The Morgan fingerprint density at radius 3 is 2.80 bits per heavy atom. The third-order valence-electron chi connectivity index (χ3n) is 3.29. The van der Waals surface area contributed by atoms with Crippen molar-refractivity contribution in [2.24, 2.45) is 11.1 Å². The summed E-state index contributed by atoms with van der Waals surface area (Å²) in [4.78, 5) is 11.7. The molecule has 1 aliphatic carbocycles. The molecule has 1 aliphatic rings. The Morgan fingerprint density at radius 1 is 1.53 bits per heavy atom. The SMILES string of the molecule is Cc1ccn(CC2(CCN)CC2)c(=O)c1. The third-order valence-corrected chi connectivity index (χ3v) is 3.29. The topological polar surface area (TPSA) is 48.0 Å². The number of nitrogens with two attached hydrogens (primary N) is 1. The van der Waals surface area contributed by atoms with Gasteiger partial charge in [0.2, 0.25) is 0 Å². The molecule has 1 fully saturated rings. The van der Waals surface area contributed by atoms with Crippen LogP contribution in [0.5, 0.6) is 0 Å². The van der Waals surface area contributed by atoms with Gasteiger partial charge in [0.05, 0.1) is 0 Å². The summed E-state index contributed by atoms with van der Waals surface area (Å²) >= 11 is 0. The predicted octanol–water partition coefficient (Wildman–Crippen LogP) is 1.29. The molecule has 0 unspecified atom stereocenters. The van der Waals surface area contributed by atoms with Crippen molar-refractivity contribution in [2.45, 2.75) is 32.7 Å². The van der Waals surface area contributed by atoms with Gasteiger partial charge in [0.15, 0.2) is 0 Å². The monoisotopic (exact) mass is 206 g/mol. The van der Waals surface area contributed by atoms with Crippen LogP contribution in [0, 0.1) is 12.3 Å². The Kier molecular flexibility index (Phi) is 2.65. The number of hydrogen-bond donors (Lipinski definition) is 1. The summed E-state index contributed by atoms with van der Waals surface area (Å²) in [6.45, 7) is 3.50. The molecular weight excluding hydrogens is 188 g/mol. The number of aryl methyl sites for hydroxylation is 1. The number of rotatable bonds is 4. The predicted molar refractivity (Wildman–Crippen MR) is 60.8 cm³/mol. The van der Waals surface area contributed by atoms with Crippen LogP contribution in [0.2, 0.25) is 0 Å². The van der Waals surface area contributed by atoms with Gasteiger partial charge >= 0.3 is 0 Å². The number of pyridine rings is 1. The maximum Gasteiger partial charge on any atom is 0.250 e. The summed E-state index contributed by atoms with van der Waals surface area (Å²) in [6.07, 6.45) is 5.36. The van der Waals surface area contributed by atoms with Crippen LogP contribution in [0.3, 0.4) is 0 Å². The molecule has 0 amide bonds. The van der Waals surface area contributed by atoms with Crippen LogP contribution < -0.4 is 11.3 Å². The fraction of sp³-hybridized carbons (Fsp3) is 0.583. The van der Waals surface area contributed by atoms with E-state index in [1.165, 1.54) is 12.8 Å². The average Bonchev–Trinajstić information content (AvgIpc) is 2.91. The Hall–Kier alpha value is -1.09. The van der Waals surface area contributed by atoms with Gasteiger partial charge in [0, 0.05) is 18.8 Å². The number of hydrogen-bond acceptors (Lipinski definition) is 2. The van der Waals surface area contributed by atoms with Gasteiger partial charge in [0.1, 0.15) is 0 Å². The fourth-order valence-corrected chi connectivity index (χ4v) is 2.07. The average molecular weight is 206 g/mol. The molecule has 1 saturated carbocycles. The van der Waals surface area contributed by atoms with Gasteiger partial charge in [-0.1, -0.05) is 0 Å². The van der Waals surface area contributed by atoms with E-state index in [2.05, 4.69) is 0 Å². The second-order valence-electron chi connectivity index (χ2n) is 4.71. The molecule has 0 saturated heterocycles. The van der Waals surface area contributed by atoms with E-state index in [0.29, 0.717) is 5.41 Å². The van der Waals surface area contributed by atoms with Crippen molar-refractivity contribution in [1.82, 2.24) is 4.57 Å². The minimum absolute atomic E-state index is 0.110. The smallest absolute Gasteiger partial charge is 0.250 e. The molecule has 3 heteroatoms. The molecule has 0 aliphatic heterocycles. The van der Waals surface area contributed by atoms with Gasteiger partial charge in [-0.3, -0.25) is 4.79 Å². The highest BCUT2D eigenvalue weighted by Gasteiger charge is 2.41. The van der Waals surface area contributed by atoms with E-state index in [-0.39, 0.29) is 5.56 Å². The molecule has 0 aromatic carbocycles. The van der Waals surface area contributed by atoms with Gasteiger partial charge in [0.25, 0.3) is 5.56 Å². The molecule has 1 heterocycles. The molecule has 3 nitrogen and oxygen atoms in total. The molecule has 2 N–H and O–H groups in total. The van der Waals surface area contributed by atoms with Gasteiger partial charge in [-0.15, -0.1) is 0 Å². The first-order valence-corrected chi connectivity index (χ1v) is 5.52. The fourth-order valence-electron chi connectivity index (χ4n) is 2.07. The molecule has 0 spiro atoms. The zero-order valence-corrected chi connectivity index (χ0v) is 9.20. The molecule has 82 valence electrons. The lowest BCUT2D eigenvalue weighted by Gasteiger charge is -2.15. The molecule has 1 aromatic rings. The first-order chi connectivity index (χ1) is 7.15. The summed E-state index contributed by atoms with van der Waals surface area (Å²) in [5.41, 5.74) is 7.05. The summed E-state index contributed by atoms with van der Waals surface area (Å²) in [7, 11) is 0. The van der Waals surface area contributed by atoms with Crippen LogP contribution in [0.4, 0.5) is 0 Å². The molecule has 0 atom stereocenters. The Labute approximate surface area is 89.9 Å². The van der Waals surface area contributed by atoms with Crippen LogP contribution in [0.1, 0.15) is 24.8 Å². The minimum atomic E-state index is 0.110. The normalized spacial score (nSPS) is 17.7. The molecule has 1 aromatic heterocycles. The van der Waals surface area contributed by atoms with Crippen molar-refractivity contribution in [3.63, 3.8) is 0 Å². The van der Waals surface area contributed by atoms with Crippen molar-refractivity contribution in [3.8, 4) is 0 Å². The van der Waals surface area contributed by atoms with Gasteiger partial charge in [-0.2, -0.15) is 0 Å². The maximum absolute atomic E-state index is 11.7. The van der Waals surface area contributed by atoms with Crippen molar-refractivity contribution >= 4 is 0 Å². The van der Waals surface area contributed by atoms with E-state index in [1.807, 2.05) is 23.8 Å². The van der Waals surface area contributed by atoms with E-state index in [1.54, 1.807) is 6.07 Å². The maximum atomic E-state index is 11.7. The van der Waals surface area contributed by atoms with Gasteiger partial charge < -0.3 is 10.3 Å². The highest BCUT2D eigenvalue weighted by molar-refractivity contribution is 5.09. The van der Waals surface area contributed by atoms with E-state index < -0.39 is 0 Å². The van der Waals surface area contributed by atoms with E-state index in [4.69, 9.17) is 5.73 Å².